The lowest BCUT2D eigenvalue weighted by molar-refractivity contribution is -0.117. The Labute approximate surface area is 122 Å². The van der Waals surface area contributed by atoms with Crippen molar-refractivity contribution in [1.82, 2.24) is 19.7 Å². The maximum absolute atomic E-state index is 11.8. The molecule has 1 amide bonds. The maximum Gasteiger partial charge on any atom is 0.264 e. The van der Waals surface area contributed by atoms with E-state index in [1.165, 1.54) is 12.1 Å². The van der Waals surface area contributed by atoms with Gasteiger partial charge in [-0.2, -0.15) is 0 Å². The van der Waals surface area contributed by atoms with Crippen molar-refractivity contribution in [2.75, 3.05) is 0 Å². The number of amides is 1. The minimum Gasteiger partial charge on any atom is -0.325 e. The first-order valence-electron chi connectivity index (χ1n) is 6.10. The van der Waals surface area contributed by atoms with Crippen LogP contribution in [0.2, 0.25) is 0 Å². The van der Waals surface area contributed by atoms with E-state index in [9.17, 15) is 13.2 Å². The number of nitrogens with two attached hydrogens (primary N) is 1. The van der Waals surface area contributed by atoms with Crippen LogP contribution >= 0.6 is 0 Å². The zero-order valence-corrected chi connectivity index (χ0v) is 12.4. The van der Waals surface area contributed by atoms with E-state index in [4.69, 9.17) is 5.73 Å². The number of carbonyl (C=O) groups excluding carboxylic acids is 1. The molecule has 0 saturated heterocycles. The molecule has 8 nitrogen and oxygen atoms in total. The predicted molar refractivity (Wildman–Crippen MR) is 75.0 cm³/mol. The molecule has 0 aliphatic rings. The van der Waals surface area contributed by atoms with E-state index < -0.39 is 15.9 Å². The number of hydrogen-bond acceptors (Lipinski definition) is 6. The smallest absolute Gasteiger partial charge is 0.264 e. The minimum absolute atomic E-state index is 0.00160. The van der Waals surface area contributed by atoms with E-state index in [1.807, 2.05) is 11.6 Å². The number of nitrogens with one attached hydrogen (secondary N) is 1. The molecule has 0 atom stereocenters. The van der Waals surface area contributed by atoms with E-state index in [0.717, 1.165) is 12.6 Å². The van der Waals surface area contributed by atoms with Crippen LogP contribution in [-0.4, -0.2) is 29.3 Å². The fourth-order valence-electron chi connectivity index (χ4n) is 1.81. The van der Waals surface area contributed by atoms with Gasteiger partial charge in [0.25, 0.3) is 10.0 Å². The lowest BCUT2D eigenvalue weighted by Crippen LogP contribution is -2.28. The van der Waals surface area contributed by atoms with Gasteiger partial charge in [-0.15, -0.1) is 5.10 Å². The van der Waals surface area contributed by atoms with E-state index in [0.29, 0.717) is 11.4 Å². The van der Waals surface area contributed by atoms with Crippen LogP contribution in [0, 0.1) is 6.92 Å². The average molecular weight is 309 g/mol. The Morgan fingerprint density at radius 1 is 1.33 bits per heavy atom. The first-order chi connectivity index (χ1) is 9.85. The van der Waals surface area contributed by atoms with E-state index in [1.54, 1.807) is 16.8 Å². The molecule has 2 aromatic rings. The van der Waals surface area contributed by atoms with Crippen molar-refractivity contribution in [3.63, 3.8) is 0 Å². The molecular weight excluding hydrogens is 294 g/mol. The van der Waals surface area contributed by atoms with Gasteiger partial charge in [-0.1, -0.05) is 5.21 Å². The Hall–Kier alpha value is -2.26. The quantitative estimate of drug-likeness (QED) is 0.811. The normalized spacial score (nSPS) is 11.4. The van der Waals surface area contributed by atoms with Gasteiger partial charge in [0.1, 0.15) is 0 Å². The minimum atomic E-state index is -3.83. The van der Waals surface area contributed by atoms with Gasteiger partial charge in [-0.3, -0.25) is 4.79 Å². The SMILES string of the molecule is CC(=O)NS(=O)(=O)c1ccc(-n2nnc(CN)c2C)cc1. The number of sulfonamides is 1. The number of aromatic nitrogens is 3. The molecule has 0 radical (unpaired) electrons. The van der Waals surface area contributed by atoms with Crippen LogP contribution in [0.4, 0.5) is 0 Å². The molecule has 0 aliphatic carbocycles. The highest BCUT2D eigenvalue weighted by Gasteiger charge is 2.16. The molecule has 0 saturated carbocycles. The molecule has 0 fully saturated rings. The van der Waals surface area contributed by atoms with Gasteiger partial charge >= 0.3 is 0 Å². The molecule has 9 heteroatoms. The number of hydrogen-bond donors (Lipinski definition) is 2. The third-order valence-corrected chi connectivity index (χ3v) is 4.30. The molecule has 2 rings (SSSR count). The van der Waals surface area contributed by atoms with Crippen molar-refractivity contribution in [2.45, 2.75) is 25.3 Å². The van der Waals surface area contributed by atoms with E-state index >= 15 is 0 Å². The lowest BCUT2D eigenvalue weighted by Gasteiger charge is -2.07. The first-order valence-corrected chi connectivity index (χ1v) is 7.58. The summed E-state index contributed by atoms with van der Waals surface area (Å²) in [6.07, 6.45) is 0. The van der Waals surface area contributed by atoms with Crippen molar-refractivity contribution >= 4 is 15.9 Å². The van der Waals surface area contributed by atoms with Crippen LogP contribution in [0.15, 0.2) is 29.2 Å². The Balaban J connectivity index is 2.35. The topological polar surface area (TPSA) is 120 Å². The second-order valence-electron chi connectivity index (χ2n) is 4.39. The molecule has 0 aliphatic heterocycles. The fourth-order valence-corrected chi connectivity index (χ4v) is 2.80. The summed E-state index contributed by atoms with van der Waals surface area (Å²) in [5, 5.41) is 7.90. The molecule has 0 bridgehead atoms. The van der Waals surface area contributed by atoms with Gasteiger partial charge in [0.2, 0.25) is 5.91 Å². The van der Waals surface area contributed by atoms with E-state index in [-0.39, 0.29) is 11.4 Å². The second kappa shape index (κ2) is 5.62. The highest BCUT2D eigenvalue weighted by Crippen LogP contribution is 2.15. The summed E-state index contributed by atoms with van der Waals surface area (Å²) in [5.74, 6) is -0.640. The van der Waals surface area contributed by atoms with Gasteiger partial charge < -0.3 is 5.73 Å². The van der Waals surface area contributed by atoms with Gasteiger partial charge in [-0.05, 0) is 31.2 Å². The number of rotatable bonds is 4. The molecule has 3 N–H and O–H groups in total. The summed E-state index contributed by atoms with van der Waals surface area (Å²) in [6.45, 7) is 3.24. The largest absolute Gasteiger partial charge is 0.325 e. The van der Waals surface area contributed by atoms with E-state index in [2.05, 4.69) is 10.3 Å². The molecule has 21 heavy (non-hydrogen) atoms. The monoisotopic (exact) mass is 309 g/mol. The highest BCUT2D eigenvalue weighted by atomic mass is 32.2. The third-order valence-electron chi connectivity index (χ3n) is 2.85. The van der Waals surface area contributed by atoms with Gasteiger partial charge in [-0.25, -0.2) is 17.8 Å². The van der Waals surface area contributed by atoms with Crippen molar-refractivity contribution in [3.8, 4) is 5.69 Å². The van der Waals surface area contributed by atoms with Crippen LogP contribution in [-0.2, 0) is 21.4 Å². The molecule has 1 aromatic carbocycles. The molecule has 1 aromatic heterocycles. The predicted octanol–water partition coefficient (Wildman–Crippen LogP) is -0.141. The first kappa shape index (κ1) is 15.1. The summed E-state index contributed by atoms with van der Waals surface area (Å²) in [6, 6.07) is 5.95. The van der Waals surface area contributed by atoms with Crippen LogP contribution in [0.3, 0.4) is 0 Å². The molecule has 0 spiro atoms. The van der Waals surface area contributed by atoms with Crippen LogP contribution in [0.25, 0.3) is 5.69 Å². The summed E-state index contributed by atoms with van der Waals surface area (Å²) in [4.78, 5) is 10.9. The Kier molecular flexibility index (Phi) is 4.05. The Bertz CT molecular complexity index is 765. The van der Waals surface area contributed by atoms with Crippen molar-refractivity contribution in [3.05, 3.63) is 35.7 Å². The van der Waals surface area contributed by atoms with Gasteiger partial charge in [0, 0.05) is 13.5 Å². The standard InChI is InChI=1S/C12H15N5O3S/c1-8-12(7-13)14-16-17(8)10-3-5-11(6-4-10)21(19,20)15-9(2)18/h3-6H,7,13H2,1-2H3,(H,15,18). The highest BCUT2D eigenvalue weighted by molar-refractivity contribution is 7.90. The Morgan fingerprint density at radius 2 is 1.95 bits per heavy atom. The van der Waals surface area contributed by atoms with Gasteiger partial charge in [0.05, 0.1) is 22.0 Å². The van der Waals surface area contributed by atoms with Crippen molar-refractivity contribution in [2.24, 2.45) is 5.73 Å². The number of nitrogens with zero attached hydrogens (tertiary/aromatic N) is 3. The fraction of sp³-hybridized carbons (Fsp3) is 0.250. The Morgan fingerprint density at radius 3 is 2.43 bits per heavy atom. The summed E-state index contributed by atoms with van der Waals surface area (Å²) in [5.41, 5.74) is 7.65. The van der Waals surface area contributed by atoms with Crippen LogP contribution in [0.5, 0.6) is 0 Å². The molecule has 1 heterocycles. The van der Waals surface area contributed by atoms with Gasteiger partial charge in [0.15, 0.2) is 0 Å². The average Bonchev–Trinajstić information content (AvgIpc) is 2.78. The van der Waals surface area contributed by atoms with Crippen LogP contribution < -0.4 is 10.5 Å². The second-order valence-corrected chi connectivity index (χ2v) is 6.08. The summed E-state index contributed by atoms with van der Waals surface area (Å²) in [7, 11) is -3.83. The zero-order chi connectivity index (χ0) is 15.6. The lowest BCUT2D eigenvalue weighted by atomic mass is 10.3. The summed E-state index contributed by atoms with van der Waals surface area (Å²) < 4.78 is 27.1. The zero-order valence-electron chi connectivity index (χ0n) is 11.6. The maximum atomic E-state index is 11.8. The van der Waals surface area contributed by atoms with Crippen LogP contribution in [0.1, 0.15) is 18.3 Å². The number of benzene rings is 1. The molecule has 112 valence electrons. The summed E-state index contributed by atoms with van der Waals surface area (Å²) >= 11 is 0. The molecule has 0 unspecified atom stereocenters. The number of carbonyl (C=O) groups is 1. The van der Waals surface area contributed by atoms with Crippen molar-refractivity contribution < 1.29 is 13.2 Å². The third kappa shape index (κ3) is 3.09. The molecular formula is C12H15N5O3S. The van der Waals surface area contributed by atoms with Crippen molar-refractivity contribution in [1.29, 1.82) is 0 Å².